The van der Waals surface area contributed by atoms with Crippen LogP contribution in [0.25, 0.3) is 0 Å². The quantitative estimate of drug-likeness (QED) is 0.225. The molecular formula is C40H65ClN4O12. The van der Waals surface area contributed by atoms with Crippen molar-refractivity contribution in [1.82, 2.24) is 19.6 Å². The zero-order valence-electron chi connectivity index (χ0n) is 35.4. The molecule has 6 rings (SSSR count). The second-order valence-electron chi connectivity index (χ2n) is 18.1. The average molecular weight is 829 g/mol. The maximum atomic E-state index is 13.1. The molecule has 6 saturated heterocycles. The van der Waals surface area contributed by atoms with Crippen LogP contribution in [0.4, 0.5) is 0 Å². The van der Waals surface area contributed by atoms with Gasteiger partial charge in [-0.25, -0.2) is 0 Å². The van der Waals surface area contributed by atoms with Gasteiger partial charge in [-0.2, -0.15) is 0 Å². The standard InChI is InChI=1S/C20H32N2O6.C13H20N2O4.C7H13ClO2/c1-12(27-19(25)20(2,3)4)26-18(24)16-14-7-6-13(28-14)15(16)17(23)22-10-8-21(5)9-11-22;1-14-4-6-15(7-5-14)12(16)10-8-2-3-9(19-8)11(10)13(17)18;1-5(8)10-6(9)7(2,3)4/h12-16H,6-11H2,1-5H3;8-11H,2-7H2,1H3,(H,17,18);5H,1-4H3. The third-order valence-electron chi connectivity index (χ3n) is 11.4. The molecule has 10 atom stereocenters. The molecule has 0 spiro atoms. The normalized spacial score (nSPS) is 30.9. The molecule has 0 aromatic carbocycles. The third kappa shape index (κ3) is 12.0. The summed E-state index contributed by atoms with van der Waals surface area (Å²) in [6, 6.07) is 0. The van der Waals surface area contributed by atoms with Gasteiger partial charge in [-0.15, -0.1) is 0 Å². The van der Waals surface area contributed by atoms with E-state index in [1.165, 1.54) is 6.92 Å². The van der Waals surface area contributed by atoms with Gasteiger partial charge in [-0.1, -0.05) is 11.6 Å². The van der Waals surface area contributed by atoms with Crippen LogP contribution in [-0.4, -0.2) is 163 Å². The monoisotopic (exact) mass is 828 g/mol. The fourth-order valence-electron chi connectivity index (χ4n) is 7.99. The molecule has 0 aromatic rings. The lowest BCUT2D eigenvalue weighted by Gasteiger charge is -2.36. The van der Waals surface area contributed by atoms with Crippen molar-refractivity contribution in [3.8, 4) is 0 Å². The molecule has 16 nitrogen and oxygen atoms in total. The van der Waals surface area contributed by atoms with Gasteiger partial charge < -0.3 is 48.4 Å². The third-order valence-corrected chi connectivity index (χ3v) is 11.4. The van der Waals surface area contributed by atoms with E-state index in [9.17, 15) is 33.9 Å². The van der Waals surface area contributed by atoms with Crippen molar-refractivity contribution in [1.29, 1.82) is 0 Å². The number of halogens is 1. The Morgan fingerprint density at radius 1 is 0.579 bits per heavy atom. The molecule has 1 N–H and O–H groups in total. The number of carbonyl (C=O) groups is 6. The van der Waals surface area contributed by atoms with Gasteiger partial charge in [0.1, 0.15) is 0 Å². The van der Waals surface area contributed by atoms with Crippen molar-refractivity contribution >= 4 is 47.3 Å². The Labute approximate surface area is 342 Å². The summed E-state index contributed by atoms with van der Waals surface area (Å²) in [7, 11) is 4.06. The van der Waals surface area contributed by atoms with E-state index >= 15 is 0 Å². The predicted molar refractivity (Wildman–Crippen MR) is 208 cm³/mol. The fourth-order valence-corrected chi connectivity index (χ4v) is 8.07. The van der Waals surface area contributed by atoms with Crippen LogP contribution in [0.2, 0.25) is 0 Å². The number of aliphatic carboxylic acids is 1. The Balaban J connectivity index is 0.000000213. The molecule has 2 amide bonds. The number of ether oxygens (including phenoxy) is 5. The van der Waals surface area contributed by atoms with Crippen LogP contribution in [0.3, 0.4) is 0 Å². The van der Waals surface area contributed by atoms with Gasteiger partial charge in [0.25, 0.3) is 0 Å². The summed E-state index contributed by atoms with van der Waals surface area (Å²) in [5.41, 5.74) is -1.68. The molecule has 57 heavy (non-hydrogen) atoms. The first-order valence-electron chi connectivity index (χ1n) is 20.2. The maximum absolute atomic E-state index is 13.1. The van der Waals surface area contributed by atoms with Crippen LogP contribution in [0.15, 0.2) is 0 Å². The zero-order valence-corrected chi connectivity index (χ0v) is 36.1. The molecular weight excluding hydrogens is 764 g/mol. The highest BCUT2D eigenvalue weighted by Gasteiger charge is 2.58. The number of hydrogen-bond acceptors (Lipinski definition) is 13. The summed E-state index contributed by atoms with van der Waals surface area (Å²) in [4.78, 5) is 80.9. The van der Waals surface area contributed by atoms with E-state index in [1.54, 1.807) is 48.5 Å². The lowest BCUT2D eigenvalue weighted by molar-refractivity contribution is -0.195. The number of nitrogens with zero attached hydrogens (tertiary/aromatic N) is 4. The second kappa shape index (κ2) is 19.3. The van der Waals surface area contributed by atoms with Crippen molar-refractivity contribution in [2.24, 2.45) is 34.5 Å². The molecule has 324 valence electrons. The molecule has 0 aliphatic carbocycles. The molecule has 6 fully saturated rings. The molecule has 0 saturated carbocycles. The van der Waals surface area contributed by atoms with E-state index in [4.69, 9.17) is 35.3 Å². The number of likely N-dealkylation sites (N-methyl/N-ethyl adjacent to an activating group) is 2. The molecule has 10 unspecified atom stereocenters. The summed E-state index contributed by atoms with van der Waals surface area (Å²) in [5.74, 6) is -4.44. The van der Waals surface area contributed by atoms with E-state index in [2.05, 4.69) is 9.80 Å². The van der Waals surface area contributed by atoms with Crippen molar-refractivity contribution < 1.29 is 57.6 Å². The number of alkyl halides is 1. The van der Waals surface area contributed by atoms with E-state index < -0.39 is 64.3 Å². The van der Waals surface area contributed by atoms with Gasteiger partial charge in [-0.05, 0) is 88.2 Å². The maximum Gasteiger partial charge on any atom is 0.315 e. The van der Waals surface area contributed by atoms with E-state index in [0.29, 0.717) is 26.2 Å². The van der Waals surface area contributed by atoms with Gasteiger partial charge >= 0.3 is 23.9 Å². The van der Waals surface area contributed by atoms with E-state index in [1.807, 2.05) is 23.9 Å². The highest BCUT2D eigenvalue weighted by Crippen LogP contribution is 2.46. The highest BCUT2D eigenvalue weighted by atomic mass is 35.5. The number of hydrogen-bond donors (Lipinski definition) is 1. The van der Waals surface area contributed by atoms with Crippen LogP contribution < -0.4 is 0 Å². The molecule has 17 heteroatoms. The number of fused-ring (bicyclic) bond motifs is 4. The SMILES string of the molecule is CC(Cl)OC(=O)C(C)(C)C.CC(OC(=O)C1C2CCC(O2)C1C(=O)N1CCN(C)CC1)OC(=O)C(C)(C)C.CN1CCN(C(=O)C2C3CCC(O3)C2C(=O)O)CC1. The number of esters is 3. The topological polar surface area (TPSA) is 182 Å². The summed E-state index contributed by atoms with van der Waals surface area (Å²) in [5, 5.41) is 9.34. The van der Waals surface area contributed by atoms with Crippen LogP contribution in [-0.2, 0) is 52.5 Å². The van der Waals surface area contributed by atoms with Crippen molar-refractivity contribution in [3.05, 3.63) is 0 Å². The van der Waals surface area contributed by atoms with Crippen LogP contribution in [0, 0.1) is 34.5 Å². The van der Waals surface area contributed by atoms with Gasteiger partial charge in [0.05, 0.1) is 58.9 Å². The lowest BCUT2D eigenvalue weighted by Crippen LogP contribution is -2.52. The van der Waals surface area contributed by atoms with E-state index in [-0.39, 0.29) is 42.2 Å². The Kier molecular flexibility index (Phi) is 15.8. The largest absolute Gasteiger partial charge is 0.481 e. The molecule has 0 radical (unpaired) electrons. The number of piperazine rings is 2. The Morgan fingerprint density at radius 3 is 1.28 bits per heavy atom. The minimum atomic E-state index is -1.00. The highest BCUT2D eigenvalue weighted by molar-refractivity contribution is 6.20. The Bertz CT molecular complexity index is 1450. The molecule has 6 heterocycles. The van der Waals surface area contributed by atoms with Crippen molar-refractivity contribution in [2.75, 3.05) is 66.5 Å². The summed E-state index contributed by atoms with van der Waals surface area (Å²) in [6.07, 6.45) is 1.14. The zero-order chi connectivity index (χ0) is 42.6. The van der Waals surface area contributed by atoms with Crippen LogP contribution >= 0.6 is 11.6 Å². The van der Waals surface area contributed by atoms with Crippen molar-refractivity contribution in [3.63, 3.8) is 0 Å². The van der Waals surface area contributed by atoms with Gasteiger partial charge in [0.2, 0.25) is 18.1 Å². The lowest BCUT2D eigenvalue weighted by atomic mass is 9.78. The summed E-state index contributed by atoms with van der Waals surface area (Å²) >= 11 is 5.44. The van der Waals surface area contributed by atoms with E-state index in [0.717, 1.165) is 51.9 Å². The summed E-state index contributed by atoms with van der Waals surface area (Å²) < 4.78 is 26.9. The number of carboxylic acids is 1. The Hall–Kier alpha value is -3.05. The van der Waals surface area contributed by atoms with Crippen LogP contribution in [0.5, 0.6) is 0 Å². The first-order chi connectivity index (χ1) is 26.5. The number of rotatable bonds is 7. The molecule has 4 bridgehead atoms. The minimum absolute atomic E-state index is 0.0206. The molecule has 6 aliphatic heterocycles. The fraction of sp³-hybridized carbons (Fsp3) is 0.850. The number of carboxylic acid groups (broad SMARTS) is 1. The first kappa shape index (κ1) is 46.6. The minimum Gasteiger partial charge on any atom is -0.481 e. The second-order valence-corrected chi connectivity index (χ2v) is 18.8. The van der Waals surface area contributed by atoms with Gasteiger partial charge in [0, 0.05) is 59.3 Å². The smallest absolute Gasteiger partial charge is 0.315 e. The number of carbonyl (C=O) groups excluding carboxylic acids is 5. The average Bonchev–Trinajstić information content (AvgIpc) is 3.93. The predicted octanol–water partition coefficient (Wildman–Crippen LogP) is 2.83. The molecule has 0 aromatic heterocycles. The van der Waals surface area contributed by atoms with Gasteiger partial charge in [0.15, 0.2) is 5.56 Å². The molecule has 6 aliphatic rings. The van der Waals surface area contributed by atoms with Gasteiger partial charge in [-0.3, -0.25) is 28.8 Å². The number of amides is 2. The first-order valence-corrected chi connectivity index (χ1v) is 20.7. The Morgan fingerprint density at radius 2 is 0.930 bits per heavy atom. The van der Waals surface area contributed by atoms with Crippen molar-refractivity contribution in [2.45, 2.75) is 117 Å². The summed E-state index contributed by atoms with van der Waals surface area (Å²) in [6.45, 7) is 19.7. The van der Waals surface area contributed by atoms with Crippen LogP contribution in [0.1, 0.15) is 81.1 Å².